The van der Waals surface area contributed by atoms with Crippen molar-refractivity contribution in [3.63, 3.8) is 0 Å². The molecule has 0 unspecified atom stereocenters. The summed E-state index contributed by atoms with van der Waals surface area (Å²) in [6, 6.07) is 0. The predicted octanol–water partition coefficient (Wildman–Crippen LogP) is -2.54. The molecule has 0 aliphatic carbocycles. The first-order chi connectivity index (χ1) is 5.43. The Morgan fingerprint density at radius 2 is 1.71 bits per heavy atom. The molecule has 0 aliphatic heterocycles. The Kier molecular flexibility index (Phi) is 14.3. The quantitative estimate of drug-likeness (QED) is 0.189. The van der Waals surface area contributed by atoms with E-state index in [0.29, 0.717) is 0 Å². The van der Waals surface area contributed by atoms with Crippen LogP contribution >= 0.6 is 0 Å². The smallest absolute Gasteiger partial charge is 1.00 e. The fraction of sp³-hybridized carbons (Fsp3) is 0.667. The van der Waals surface area contributed by atoms with Gasteiger partial charge >= 0.3 is 29.0 Å². The number of allylic oxidation sites excluding steroid dienone is 1. The largest absolute Gasteiger partial charge is 2.00 e. The van der Waals surface area contributed by atoms with Gasteiger partial charge in [0.2, 0.25) is 0 Å². The Labute approximate surface area is 118 Å². The van der Waals surface area contributed by atoms with Crippen LogP contribution in [-0.4, -0.2) is 35.1 Å². The second-order valence-corrected chi connectivity index (χ2v) is 3.23. The number of hydrogen-bond acceptors (Lipinski definition) is 3. The van der Waals surface area contributed by atoms with Gasteiger partial charge in [-0.05, 0) is 25.5 Å². The molecule has 0 bridgehead atoms. The molecule has 0 rings (SSSR count). The van der Waals surface area contributed by atoms with Crippen molar-refractivity contribution in [1.29, 1.82) is 0 Å². The first-order valence-electron chi connectivity index (χ1n) is 4.03. The maximum absolute atomic E-state index is 11.0. The molecule has 5 heteroatoms. The average Bonchev–Trinajstić information content (AvgIpc) is 1.84. The Morgan fingerprint density at radius 1 is 1.29 bits per heavy atom. The second-order valence-electron chi connectivity index (χ2n) is 3.23. The van der Waals surface area contributed by atoms with Crippen LogP contribution in [0.3, 0.4) is 0 Å². The van der Waals surface area contributed by atoms with E-state index in [0.717, 1.165) is 0 Å². The summed E-state index contributed by atoms with van der Waals surface area (Å²) < 4.78 is 4.69. The number of rotatable bonds is 3. The molecule has 0 fully saturated rings. The van der Waals surface area contributed by atoms with Gasteiger partial charge in [0.15, 0.2) is 0 Å². The fourth-order valence-corrected chi connectivity index (χ4v) is 0.643. The molecule has 0 aliphatic rings. The molecule has 3 nitrogen and oxygen atoms in total. The summed E-state index contributed by atoms with van der Waals surface area (Å²) >= 11 is 0. The van der Waals surface area contributed by atoms with Crippen molar-refractivity contribution >= 4 is 29.0 Å². The van der Waals surface area contributed by atoms with Gasteiger partial charge in [0.25, 0.3) is 0 Å². The molecule has 0 heterocycles. The van der Waals surface area contributed by atoms with E-state index in [1.54, 1.807) is 13.8 Å². The Morgan fingerprint density at radius 3 is 2.00 bits per heavy atom. The first-order valence-corrected chi connectivity index (χ1v) is 4.03. The molecule has 0 radical (unpaired) electrons. The zero-order valence-corrected chi connectivity index (χ0v) is 12.6. The molecular formula is C9H15IMgO3. The molecule has 0 spiro atoms. The third-order valence-corrected chi connectivity index (χ3v) is 1.03. The van der Waals surface area contributed by atoms with Crippen LogP contribution in [0, 0.1) is 5.92 Å². The summed E-state index contributed by atoms with van der Waals surface area (Å²) in [6.07, 6.45) is 1.12. The molecule has 0 N–H and O–H groups in total. The maximum atomic E-state index is 11.0. The molecule has 0 aromatic heterocycles. The normalized spacial score (nSPS) is 10.6. The van der Waals surface area contributed by atoms with Gasteiger partial charge in [-0.1, -0.05) is 19.9 Å². The van der Waals surface area contributed by atoms with Crippen molar-refractivity contribution in [1.82, 2.24) is 0 Å². The van der Waals surface area contributed by atoms with Crippen LogP contribution in [0.5, 0.6) is 0 Å². The number of hydrogen-bond donors (Lipinski definition) is 0. The van der Waals surface area contributed by atoms with Gasteiger partial charge < -0.3 is 33.8 Å². The summed E-state index contributed by atoms with van der Waals surface area (Å²) in [5, 5.41) is 11.0. The van der Waals surface area contributed by atoms with Gasteiger partial charge in [-0.15, -0.1) is 0 Å². The molecule has 0 aromatic carbocycles. The molecule has 0 saturated heterocycles. The van der Waals surface area contributed by atoms with Crippen LogP contribution in [0.4, 0.5) is 0 Å². The first kappa shape index (κ1) is 20.0. The van der Waals surface area contributed by atoms with Crippen LogP contribution in [0.25, 0.3) is 0 Å². The van der Waals surface area contributed by atoms with E-state index in [2.05, 4.69) is 0 Å². The van der Waals surface area contributed by atoms with Crippen LogP contribution in [0.15, 0.2) is 11.8 Å². The van der Waals surface area contributed by atoms with E-state index < -0.39 is 11.7 Å². The summed E-state index contributed by atoms with van der Waals surface area (Å²) in [5.41, 5.74) is 0. The maximum Gasteiger partial charge on any atom is 2.00 e. The molecule has 78 valence electrons. The second kappa shape index (κ2) is 10.0. The van der Waals surface area contributed by atoms with Crippen LogP contribution in [-0.2, 0) is 9.53 Å². The fourth-order valence-electron chi connectivity index (χ4n) is 0.643. The van der Waals surface area contributed by atoms with Crippen molar-refractivity contribution in [2.24, 2.45) is 5.92 Å². The molecule has 14 heavy (non-hydrogen) atoms. The van der Waals surface area contributed by atoms with Crippen molar-refractivity contribution in [3.8, 4) is 0 Å². The standard InChI is InChI=1S/C9H16O3.HI.Mg/c1-6(2)5-8(10)9(11)12-7(3)4;;/h5-7,10H,1-4H3;1H;/q;;+2/p-2/b8-5-;;. The van der Waals surface area contributed by atoms with E-state index in [4.69, 9.17) is 4.74 Å². The predicted molar refractivity (Wildman–Crippen MR) is 49.9 cm³/mol. The Bertz CT molecular complexity index is 190. The third kappa shape index (κ3) is 10.6. The molecule has 0 amide bonds. The van der Waals surface area contributed by atoms with E-state index in [9.17, 15) is 9.90 Å². The molecule has 0 aromatic rings. The minimum absolute atomic E-state index is 0. The minimum atomic E-state index is -0.765. The number of carbonyl (C=O) groups excluding carboxylic acids is 1. The van der Waals surface area contributed by atoms with E-state index >= 15 is 0 Å². The summed E-state index contributed by atoms with van der Waals surface area (Å²) in [5.74, 6) is -1.24. The van der Waals surface area contributed by atoms with E-state index in [1.807, 2.05) is 13.8 Å². The Balaban J connectivity index is -0.000000605. The van der Waals surface area contributed by atoms with E-state index in [1.165, 1.54) is 6.08 Å². The summed E-state index contributed by atoms with van der Waals surface area (Å²) in [7, 11) is 0. The zero-order valence-electron chi connectivity index (χ0n) is 9.04. The van der Waals surface area contributed by atoms with Gasteiger partial charge in [0.1, 0.15) is 0 Å². The van der Waals surface area contributed by atoms with Crippen molar-refractivity contribution in [3.05, 3.63) is 11.8 Å². The molecule has 0 saturated carbocycles. The van der Waals surface area contributed by atoms with Gasteiger partial charge in [0, 0.05) is 0 Å². The van der Waals surface area contributed by atoms with Crippen LogP contribution in [0.2, 0.25) is 0 Å². The van der Waals surface area contributed by atoms with Gasteiger partial charge in [0.05, 0.1) is 6.10 Å². The van der Waals surface area contributed by atoms with Crippen LogP contribution in [0.1, 0.15) is 27.7 Å². The summed E-state index contributed by atoms with van der Waals surface area (Å²) in [6.45, 7) is 7.09. The monoisotopic (exact) mass is 322 g/mol. The van der Waals surface area contributed by atoms with Crippen LogP contribution < -0.4 is 29.1 Å². The number of esters is 1. The third-order valence-electron chi connectivity index (χ3n) is 1.03. The zero-order chi connectivity index (χ0) is 9.72. The average molecular weight is 322 g/mol. The van der Waals surface area contributed by atoms with E-state index in [-0.39, 0.29) is 59.1 Å². The molecule has 0 atom stereocenters. The Hall–Kier alpha value is 0.506. The minimum Gasteiger partial charge on any atom is -1.00 e. The number of ether oxygens (including phenoxy) is 1. The summed E-state index contributed by atoms with van der Waals surface area (Å²) in [4.78, 5) is 10.9. The van der Waals surface area contributed by atoms with Crippen molar-refractivity contribution in [2.45, 2.75) is 33.8 Å². The van der Waals surface area contributed by atoms with Gasteiger partial charge in [-0.3, -0.25) is 0 Å². The van der Waals surface area contributed by atoms with Gasteiger partial charge in [-0.2, -0.15) is 0 Å². The number of halogens is 1. The molecular weight excluding hydrogens is 307 g/mol. The van der Waals surface area contributed by atoms with Crippen molar-refractivity contribution < 1.29 is 38.6 Å². The van der Waals surface area contributed by atoms with Gasteiger partial charge in [-0.25, -0.2) is 4.79 Å². The topological polar surface area (TPSA) is 49.4 Å². The number of carbonyl (C=O) groups is 1. The van der Waals surface area contributed by atoms with Crippen molar-refractivity contribution in [2.75, 3.05) is 0 Å². The SMILES string of the molecule is CC(C)/C=C(\[O-])C(=O)OC(C)C.[I-].[Mg+2].